The molecule has 0 amide bonds. The lowest BCUT2D eigenvalue weighted by molar-refractivity contribution is 1.61. The lowest BCUT2D eigenvalue weighted by Gasteiger charge is -2.21. The van der Waals surface area contributed by atoms with Crippen LogP contribution in [0.5, 0.6) is 0 Å². The van der Waals surface area contributed by atoms with Gasteiger partial charge in [-0.15, -0.1) is 0 Å². The van der Waals surface area contributed by atoms with Gasteiger partial charge in [0.25, 0.3) is 0 Å². The molecule has 0 aromatic heterocycles. The lowest BCUT2D eigenvalue weighted by atomic mass is 10.4. The van der Waals surface area contributed by atoms with Crippen LogP contribution in [-0.4, -0.2) is 12.8 Å². The molecule has 0 radical (unpaired) electrons. The zero-order valence-electron chi connectivity index (χ0n) is 11.1. The third-order valence-corrected chi connectivity index (χ3v) is 7.18. The topological polar surface area (TPSA) is 0 Å². The largest absolute Gasteiger partial charge is 0.0992 e. The number of allylic oxidation sites excluding steroid dienone is 2. The molecule has 0 bridgehead atoms. The Morgan fingerprint density at radius 2 is 1.28 bits per heavy atom. The molecule has 2 rings (SSSR count). The second kappa shape index (κ2) is 5.98. The molecule has 0 saturated heterocycles. The number of hydrogen-bond acceptors (Lipinski definition) is 0. The Morgan fingerprint density at radius 3 is 1.67 bits per heavy atom. The fourth-order valence-corrected chi connectivity index (χ4v) is 5.20. The second-order valence-corrected chi connectivity index (χ2v) is 8.40. The van der Waals surface area contributed by atoms with Crippen molar-refractivity contribution < 1.29 is 0 Å². The summed E-state index contributed by atoms with van der Waals surface area (Å²) in [5.41, 5.74) is 0. The van der Waals surface area contributed by atoms with E-state index in [2.05, 4.69) is 86.4 Å². The molecule has 2 aromatic rings. The average Bonchev–Trinajstić information content (AvgIpc) is 2.46. The molecule has 0 nitrogen and oxygen atoms in total. The summed E-state index contributed by atoms with van der Waals surface area (Å²) < 4.78 is 0. The summed E-state index contributed by atoms with van der Waals surface area (Å²) in [4.78, 5) is 0. The van der Waals surface area contributed by atoms with Crippen LogP contribution in [0.25, 0.3) is 0 Å². The maximum Gasteiger partial charge on any atom is 0.0992 e. The summed E-state index contributed by atoms with van der Waals surface area (Å²) in [5.74, 6) is 0. The number of rotatable bonds is 4. The van der Waals surface area contributed by atoms with Crippen LogP contribution in [0.2, 0.25) is 0 Å². The number of hydrogen-bond donors (Lipinski definition) is 0. The van der Waals surface area contributed by atoms with Crippen molar-refractivity contribution in [2.24, 2.45) is 0 Å². The van der Waals surface area contributed by atoms with Gasteiger partial charge in [-0.3, -0.25) is 0 Å². The van der Waals surface area contributed by atoms with Crippen LogP contribution < -0.4 is 10.6 Å². The molecule has 0 atom stereocenters. The Hall–Kier alpha value is -1.39. The van der Waals surface area contributed by atoms with Crippen LogP contribution in [-0.2, 0) is 0 Å². The van der Waals surface area contributed by atoms with Crippen molar-refractivity contribution in [3.8, 4) is 0 Å². The summed E-state index contributed by atoms with van der Waals surface area (Å²) in [5, 5.41) is 2.96. The van der Waals surface area contributed by atoms with E-state index in [0.29, 0.717) is 0 Å². The van der Waals surface area contributed by atoms with Gasteiger partial charge in [0, 0.05) is 0 Å². The smallest absolute Gasteiger partial charge is 0.0881 e. The third-order valence-electron chi connectivity index (χ3n) is 3.36. The molecular formula is C17H20P+. The van der Waals surface area contributed by atoms with E-state index in [1.807, 2.05) is 0 Å². The first-order valence-electron chi connectivity index (χ1n) is 6.35. The summed E-state index contributed by atoms with van der Waals surface area (Å²) >= 11 is 0. The zero-order valence-corrected chi connectivity index (χ0v) is 12.0. The molecule has 1 heteroatoms. The Kier molecular flexibility index (Phi) is 4.33. The van der Waals surface area contributed by atoms with E-state index in [1.54, 1.807) is 0 Å². The molecule has 0 N–H and O–H groups in total. The normalized spacial score (nSPS) is 11.9. The fourth-order valence-electron chi connectivity index (χ4n) is 2.19. The van der Waals surface area contributed by atoms with E-state index in [4.69, 9.17) is 0 Å². The molecule has 92 valence electrons. The van der Waals surface area contributed by atoms with Gasteiger partial charge in [0.05, 0.1) is 30.7 Å². The maximum absolute atomic E-state index is 2.43. The number of benzene rings is 2. The highest BCUT2D eigenvalue weighted by molar-refractivity contribution is 7.89. The Morgan fingerprint density at radius 1 is 0.833 bits per heavy atom. The van der Waals surface area contributed by atoms with Gasteiger partial charge < -0.3 is 0 Å². The molecule has 2 aromatic carbocycles. The molecule has 0 spiro atoms. The second-order valence-electron chi connectivity index (χ2n) is 4.61. The van der Waals surface area contributed by atoms with Gasteiger partial charge in [-0.2, -0.15) is 0 Å². The van der Waals surface area contributed by atoms with E-state index < -0.39 is 7.26 Å². The predicted molar refractivity (Wildman–Crippen MR) is 84.7 cm³/mol. The third kappa shape index (κ3) is 2.71. The minimum absolute atomic E-state index is 1.14. The van der Waals surface area contributed by atoms with Gasteiger partial charge in [-0.05, 0) is 31.2 Å². The fraction of sp³-hybridized carbons (Fsp3) is 0.176. The Bertz CT molecular complexity index is 460. The standard InChI is InChI=1S/C17H20P/c1-3-4-15-18(2,16-11-7-5-8-12-16)17-13-9-6-10-14-17/h3-14H,15H2,1-2H3/q+1. The van der Waals surface area contributed by atoms with Gasteiger partial charge in [-0.25, -0.2) is 0 Å². The highest BCUT2D eigenvalue weighted by Crippen LogP contribution is 2.52. The van der Waals surface area contributed by atoms with Crippen molar-refractivity contribution in [3.05, 3.63) is 72.8 Å². The molecule has 0 aliphatic carbocycles. The zero-order chi connectivity index (χ0) is 12.8. The van der Waals surface area contributed by atoms with Crippen molar-refractivity contribution in [1.82, 2.24) is 0 Å². The van der Waals surface area contributed by atoms with Crippen LogP contribution in [0, 0.1) is 0 Å². The monoisotopic (exact) mass is 255 g/mol. The van der Waals surface area contributed by atoms with Crippen molar-refractivity contribution in [2.45, 2.75) is 6.92 Å². The summed E-state index contributed by atoms with van der Waals surface area (Å²) in [7, 11) is -1.28. The van der Waals surface area contributed by atoms with Gasteiger partial charge in [0.1, 0.15) is 0 Å². The van der Waals surface area contributed by atoms with Crippen LogP contribution in [0.1, 0.15) is 6.92 Å². The molecule has 0 fully saturated rings. The van der Waals surface area contributed by atoms with E-state index in [9.17, 15) is 0 Å². The lowest BCUT2D eigenvalue weighted by Crippen LogP contribution is -2.23. The summed E-state index contributed by atoms with van der Waals surface area (Å²) in [6.07, 6.45) is 5.59. The van der Waals surface area contributed by atoms with Crippen molar-refractivity contribution >= 4 is 17.9 Å². The van der Waals surface area contributed by atoms with E-state index in [1.165, 1.54) is 10.6 Å². The predicted octanol–water partition coefficient (Wildman–Crippen LogP) is 3.86. The molecule has 0 heterocycles. The van der Waals surface area contributed by atoms with Crippen LogP contribution in [0.4, 0.5) is 0 Å². The minimum Gasteiger partial charge on any atom is -0.0881 e. The van der Waals surface area contributed by atoms with Crippen molar-refractivity contribution in [2.75, 3.05) is 12.8 Å². The first-order valence-corrected chi connectivity index (χ1v) is 8.77. The first-order chi connectivity index (χ1) is 8.77. The molecule has 0 unspecified atom stereocenters. The SMILES string of the molecule is CC=CC[P+](C)(c1ccccc1)c1ccccc1. The van der Waals surface area contributed by atoms with Crippen LogP contribution in [0.15, 0.2) is 72.8 Å². The first kappa shape index (κ1) is 13.1. The van der Waals surface area contributed by atoms with Crippen LogP contribution in [0.3, 0.4) is 0 Å². The minimum atomic E-state index is -1.28. The molecule has 18 heavy (non-hydrogen) atoms. The maximum atomic E-state index is 2.43. The molecular weight excluding hydrogens is 235 g/mol. The van der Waals surface area contributed by atoms with E-state index in [-0.39, 0.29) is 0 Å². The molecule has 0 saturated carbocycles. The van der Waals surface area contributed by atoms with E-state index in [0.717, 1.165) is 6.16 Å². The highest BCUT2D eigenvalue weighted by Gasteiger charge is 2.35. The highest BCUT2D eigenvalue weighted by atomic mass is 31.2. The summed E-state index contributed by atoms with van der Waals surface area (Å²) in [6.45, 7) is 4.53. The van der Waals surface area contributed by atoms with Gasteiger partial charge in [0.15, 0.2) is 0 Å². The van der Waals surface area contributed by atoms with Gasteiger partial charge >= 0.3 is 0 Å². The molecule has 0 aliphatic heterocycles. The van der Waals surface area contributed by atoms with Crippen molar-refractivity contribution in [1.29, 1.82) is 0 Å². The van der Waals surface area contributed by atoms with Gasteiger partial charge in [-0.1, -0.05) is 48.6 Å². The van der Waals surface area contributed by atoms with Crippen molar-refractivity contribution in [3.63, 3.8) is 0 Å². The van der Waals surface area contributed by atoms with Gasteiger partial charge in [0.2, 0.25) is 0 Å². The van der Waals surface area contributed by atoms with E-state index >= 15 is 0 Å². The summed E-state index contributed by atoms with van der Waals surface area (Å²) in [6, 6.07) is 21.8. The van der Waals surface area contributed by atoms with Crippen LogP contribution >= 0.6 is 7.26 Å². The molecule has 0 aliphatic rings. The Balaban J connectivity index is 2.47. The quantitative estimate of drug-likeness (QED) is 0.575. The Labute approximate surface area is 111 Å². The average molecular weight is 255 g/mol.